The van der Waals surface area contributed by atoms with E-state index in [9.17, 15) is 4.79 Å². The van der Waals surface area contributed by atoms with Gasteiger partial charge >= 0.3 is 0 Å². The van der Waals surface area contributed by atoms with Crippen molar-refractivity contribution in [1.29, 1.82) is 0 Å². The number of amides is 1. The van der Waals surface area contributed by atoms with E-state index in [1.165, 1.54) is 12.8 Å². The van der Waals surface area contributed by atoms with E-state index in [4.69, 9.17) is 5.73 Å². The van der Waals surface area contributed by atoms with Crippen LogP contribution in [0.15, 0.2) is 0 Å². The molecule has 4 heteroatoms. The van der Waals surface area contributed by atoms with Gasteiger partial charge in [0.2, 0.25) is 5.91 Å². The summed E-state index contributed by atoms with van der Waals surface area (Å²) in [6, 6.07) is 0.187. The molecule has 1 aliphatic heterocycles. The molecular formula is C11H20N2OS. The van der Waals surface area contributed by atoms with Crippen LogP contribution in [0.5, 0.6) is 0 Å². The summed E-state index contributed by atoms with van der Waals surface area (Å²) in [5, 5.41) is 3.00. The van der Waals surface area contributed by atoms with Crippen molar-refractivity contribution >= 4 is 17.7 Å². The third-order valence-corrected chi connectivity index (χ3v) is 4.38. The van der Waals surface area contributed by atoms with Crippen molar-refractivity contribution in [1.82, 2.24) is 5.32 Å². The van der Waals surface area contributed by atoms with Crippen molar-refractivity contribution in [2.24, 2.45) is 17.6 Å². The van der Waals surface area contributed by atoms with E-state index in [-0.39, 0.29) is 17.9 Å². The molecule has 1 heterocycles. The molecule has 1 saturated heterocycles. The van der Waals surface area contributed by atoms with E-state index in [2.05, 4.69) is 5.32 Å². The normalized spacial score (nSPS) is 24.9. The van der Waals surface area contributed by atoms with Crippen molar-refractivity contribution in [2.45, 2.75) is 31.7 Å². The molecule has 2 aliphatic rings. The van der Waals surface area contributed by atoms with Crippen molar-refractivity contribution in [3.05, 3.63) is 0 Å². The zero-order chi connectivity index (χ0) is 10.7. The molecule has 1 aliphatic carbocycles. The Bertz CT molecular complexity index is 225. The molecule has 3 N–H and O–H groups in total. The van der Waals surface area contributed by atoms with Gasteiger partial charge in [0, 0.05) is 18.5 Å². The third kappa shape index (κ3) is 3.38. The minimum Gasteiger partial charge on any atom is -0.354 e. The van der Waals surface area contributed by atoms with Gasteiger partial charge in [0.05, 0.1) is 0 Å². The van der Waals surface area contributed by atoms with E-state index in [0.29, 0.717) is 12.5 Å². The van der Waals surface area contributed by atoms with Gasteiger partial charge in [-0.25, -0.2) is 0 Å². The fraction of sp³-hybridized carbons (Fsp3) is 0.909. The van der Waals surface area contributed by atoms with Gasteiger partial charge in [-0.2, -0.15) is 11.8 Å². The highest BCUT2D eigenvalue weighted by Crippen LogP contribution is 2.31. The molecule has 2 fully saturated rings. The van der Waals surface area contributed by atoms with Crippen molar-refractivity contribution in [3.63, 3.8) is 0 Å². The number of nitrogens with two attached hydrogens (primary N) is 1. The van der Waals surface area contributed by atoms with Gasteiger partial charge in [-0.3, -0.25) is 4.79 Å². The van der Waals surface area contributed by atoms with Crippen LogP contribution in [0.3, 0.4) is 0 Å². The molecule has 3 nitrogen and oxygen atoms in total. The third-order valence-electron chi connectivity index (χ3n) is 3.33. The van der Waals surface area contributed by atoms with Gasteiger partial charge in [-0.05, 0) is 43.1 Å². The number of thioether (sulfide) groups is 1. The summed E-state index contributed by atoms with van der Waals surface area (Å²) in [5.74, 6) is 3.41. The second kappa shape index (κ2) is 5.21. The first kappa shape index (κ1) is 11.3. The van der Waals surface area contributed by atoms with Crippen LogP contribution in [0.25, 0.3) is 0 Å². The van der Waals surface area contributed by atoms with E-state index >= 15 is 0 Å². The van der Waals surface area contributed by atoms with Gasteiger partial charge in [0.1, 0.15) is 0 Å². The summed E-state index contributed by atoms with van der Waals surface area (Å²) in [6.07, 6.45) is 4.57. The Morgan fingerprint density at radius 3 is 2.60 bits per heavy atom. The van der Waals surface area contributed by atoms with Crippen LogP contribution in [0.4, 0.5) is 0 Å². The largest absolute Gasteiger partial charge is 0.354 e. The van der Waals surface area contributed by atoms with Gasteiger partial charge < -0.3 is 11.1 Å². The molecular weight excluding hydrogens is 208 g/mol. The predicted octanol–water partition coefficient (Wildman–Crippen LogP) is 0.983. The van der Waals surface area contributed by atoms with E-state index in [0.717, 1.165) is 24.3 Å². The Balaban J connectivity index is 1.66. The zero-order valence-corrected chi connectivity index (χ0v) is 9.89. The fourth-order valence-electron chi connectivity index (χ4n) is 2.01. The summed E-state index contributed by atoms with van der Waals surface area (Å²) < 4.78 is 0. The maximum absolute atomic E-state index is 11.8. The van der Waals surface area contributed by atoms with Crippen LogP contribution in [-0.4, -0.2) is 30.0 Å². The molecule has 0 radical (unpaired) electrons. The number of carbonyl (C=O) groups is 1. The molecule has 0 aromatic rings. The minimum absolute atomic E-state index is 0.187. The first-order chi connectivity index (χ1) is 7.27. The van der Waals surface area contributed by atoms with Crippen LogP contribution < -0.4 is 11.1 Å². The summed E-state index contributed by atoms with van der Waals surface area (Å²) in [7, 11) is 0. The lowest BCUT2D eigenvalue weighted by Gasteiger charge is -2.21. The molecule has 0 aromatic carbocycles. The van der Waals surface area contributed by atoms with Gasteiger partial charge in [-0.1, -0.05) is 0 Å². The highest BCUT2D eigenvalue weighted by molar-refractivity contribution is 7.99. The zero-order valence-electron chi connectivity index (χ0n) is 9.08. The van der Waals surface area contributed by atoms with Crippen LogP contribution in [0.1, 0.15) is 25.7 Å². The van der Waals surface area contributed by atoms with Crippen molar-refractivity contribution < 1.29 is 4.79 Å². The summed E-state index contributed by atoms with van der Waals surface area (Å²) in [5.41, 5.74) is 5.94. The standard InChI is InChI=1S/C11H20N2OS/c12-10(8-1-2-8)7-13-11(14)9-3-5-15-6-4-9/h8-10H,1-7,12H2,(H,13,14). The summed E-state index contributed by atoms with van der Waals surface area (Å²) >= 11 is 1.95. The Kier molecular flexibility index (Phi) is 3.92. The second-order valence-electron chi connectivity index (χ2n) is 4.63. The minimum atomic E-state index is 0.187. The summed E-state index contributed by atoms with van der Waals surface area (Å²) in [4.78, 5) is 11.8. The fourth-order valence-corrected chi connectivity index (χ4v) is 3.12. The Morgan fingerprint density at radius 1 is 1.33 bits per heavy atom. The number of rotatable bonds is 4. The topological polar surface area (TPSA) is 55.1 Å². The molecule has 2 rings (SSSR count). The number of carbonyl (C=O) groups excluding carboxylic acids is 1. The first-order valence-electron chi connectivity index (χ1n) is 5.88. The molecule has 15 heavy (non-hydrogen) atoms. The molecule has 0 aromatic heterocycles. The van der Waals surface area contributed by atoms with Crippen molar-refractivity contribution in [3.8, 4) is 0 Å². The molecule has 0 spiro atoms. The molecule has 1 saturated carbocycles. The van der Waals surface area contributed by atoms with Crippen LogP contribution >= 0.6 is 11.8 Å². The maximum atomic E-state index is 11.8. The highest BCUT2D eigenvalue weighted by Gasteiger charge is 2.29. The van der Waals surface area contributed by atoms with E-state index in [1.807, 2.05) is 11.8 Å². The van der Waals surface area contributed by atoms with Crippen LogP contribution in [0.2, 0.25) is 0 Å². The highest BCUT2D eigenvalue weighted by atomic mass is 32.2. The monoisotopic (exact) mass is 228 g/mol. The average Bonchev–Trinajstić information content (AvgIpc) is 3.10. The quantitative estimate of drug-likeness (QED) is 0.754. The summed E-state index contributed by atoms with van der Waals surface area (Å²) in [6.45, 7) is 0.674. The number of hydrogen-bond donors (Lipinski definition) is 2. The smallest absolute Gasteiger partial charge is 0.223 e. The van der Waals surface area contributed by atoms with E-state index in [1.54, 1.807) is 0 Å². The SMILES string of the molecule is NC(CNC(=O)C1CCSCC1)C1CC1. The Morgan fingerprint density at radius 2 is 2.00 bits per heavy atom. The Labute approximate surface area is 95.6 Å². The van der Waals surface area contributed by atoms with Gasteiger partial charge in [-0.15, -0.1) is 0 Å². The lowest BCUT2D eigenvalue weighted by atomic mass is 10.0. The number of hydrogen-bond acceptors (Lipinski definition) is 3. The molecule has 1 amide bonds. The number of nitrogens with one attached hydrogen (secondary N) is 1. The van der Waals surface area contributed by atoms with Gasteiger partial charge in [0.15, 0.2) is 0 Å². The lowest BCUT2D eigenvalue weighted by molar-refractivity contribution is -0.125. The lowest BCUT2D eigenvalue weighted by Crippen LogP contribution is -2.41. The Hall–Kier alpha value is -0.220. The molecule has 1 unspecified atom stereocenters. The molecule has 1 atom stereocenters. The second-order valence-corrected chi connectivity index (χ2v) is 5.86. The molecule has 86 valence electrons. The van der Waals surface area contributed by atoms with Crippen LogP contribution in [-0.2, 0) is 4.79 Å². The maximum Gasteiger partial charge on any atom is 0.223 e. The van der Waals surface area contributed by atoms with Crippen molar-refractivity contribution in [2.75, 3.05) is 18.1 Å². The van der Waals surface area contributed by atoms with E-state index < -0.39 is 0 Å². The average molecular weight is 228 g/mol. The predicted molar refractivity (Wildman–Crippen MR) is 63.8 cm³/mol. The van der Waals surface area contributed by atoms with Gasteiger partial charge in [0.25, 0.3) is 0 Å². The first-order valence-corrected chi connectivity index (χ1v) is 7.04. The van der Waals surface area contributed by atoms with Crippen LogP contribution in [0, 0.1) is 11.8 Å². The molecule has 0 bridgehead atoms.